The van der Waals surface area contributed by atoms with Crippen molar-refractivity contribution in [2.75, 3.05) is 6.61 Å². The average Bonchev–Trinajstić information content (AvgIpc) is 2.30. The van der Waals surface area contributed by atoms with Gasteiger partial charge in [-0.25, -0.2) is 0 Å². The van der Waals surface area contributed by atoms with Gasteiger partial charge in [-0.15, -0.1) is 0 Å². The van der Waals surface area contributed by atoms with E-state index in [0.29, 0.717) is 0 Å². The zero-order valence-corrected chi connectivity index (χ0v) is 10.2. The molecule has 0 aromatic carbocycles. The Kier molecular flexibility index (Phi) is 5.78. The van der Waals surface area contributed by atoms with Crippen LogP contribution in [0, 0.1) is 0 Å². The van der Waals surface area contributed by atoms with Gasteiger partial charge in [0.05, 0.1) is 12.7 Å². The molecule has 6 heteroatoms. The number of rotatable bonds is 5. The number of hydrogen-bond acceptors (Lipinski definition) is 6. The second-order valence-electron chi connectivity index (χ2n) is 4.43. The van der Waals surface area contributed by atoms with Gasteiger partial charge >= 0.3 is 0 Å². The minimum atomic E-state index is -1.38. The second kappa shape index (κ2) is 6.63. The van der Waals surface area contributed by atoms with Crippen molar-refractivity contribution in [2.45, 2.75) is 63.5 Å². The first kappa shape index (κ1) is 14.8. The summed E-state index contributed by atoms with van der Waals surface area (Å²) in [5.41, 5.74) is 0. The van der Waals surface area contributed by atoms with Gasteiger partial charge in [0.25, 0.3) is 0 Å². The van der Waals surface area contributed by atoms with Crippen molar-refractivity contribution in [1.29, 1.82) is 0 Å². The lowest BCUT2D eigenvalue weighted by Crippen LogP contribution is -2.59. The molecule has 6 atom stereocenters. The van der Waals surface area contributed by atoms with Crippen molar-refractivity contribution < 1.29 is 29.9 Å². The van der Waals surface area contributed by atoms with E-state index in [4.69, 9.17) is 14.6 Å². The van der Waals surface area contributed by atoms with E-state index in [-0.39, 0.29) is 6.10 Å². The monoisotopic (exact) mass is 250 g/mol. The molecular formula is C11H22O6. The molecule has 1 heterocycles. The summed E-state index contributed by atoms with van der Waals surface area (Å²) in [7, 11) is 0. The first-order valence-corrected chi connectivity index (χ1v) is 5.97. The highest BCUT2D eigenvalue weighted by atomic mass is 16.7. The third-order valence-electron chi connectivity index (χ3n) is 2.91. The first-order valence-electron chi connectivity index (χ1n) is 5.97. The van der Waals surface area contributed by atoms with E-state index in [1.54, 1.807) is 0 Å². The molecule has 0 radical (unpaired) electrons. The van der Waals surface area contributed by atoms with E-state index >= 15 is 0 Å². The molecule has 0 aliphatic carbocycles. The molecule has 0 aromatic heterocycles. The van der Waals surface area contributed by atoms with Gasteiger partial charge in [-0.2, -0.15) is 0 Å². The number of hydrogen-bond donors (Lipinski definition) is 4. The second-order valence-corrected chi connectivity index (χ2v) is 4.43. The fourth-order valence-electron chi connectivity index (χ4n) is 1.88. The molecule has 102 valence electrons. The maximum Gasteiger partial charge on any atom is 0.186 e. The summed E-state index contributed by atoms with van der Waals surface area (Å²) in [6.07, 6.45) is -4.35. The van der Waals surface area contributed by atoms with Crippen molar-refractivity contribution in [3.63, 3.8) is 0 Å². The summed E-state index contributed by atoms with van der Waals surface area (Å²) >= 11 is 0. The number of aliphatic hydroxyl groups is 4. The molecule has 1 unspecified atom stereocenters. The molecule has 1 saturated heterocycles. The fourth-order valence-corrected chi connectivity index (χ4v) is 1.88. The molecule has 1 aliphatic rings. The Labute approximate surface area is 101 Å². The predicted octanol–water partition coefficient (Wildman–Crippen LogP) is -1.01. The number of aliphatic hydroxyl groups excluding tert-OH is 4. The molecule has 0 bridgehead atoms. The molecule has 6 nitrogen and oxygen atoms in total. The molecule has 4 N–H and O–H groups in total. The maximum absolute atomic E-state index is 9.70. The van der Waals surface area contributed by atoms with Gasteiger partial charge in [-0.3, -0.25) is 0 Å². The Morgan fingerprint density at radius 1 is 1.18 bits per heavy atom. The van der Waals surface area contributed by atoms with Crippen LogP contribution in [0.2, 0.25) is 0 Å². The smallest absolute Gasteiger partial charge is 0.186 e. The molecule has 1 rings (SSSR count). The normalized spacial score (nSPS) is 40.2. The van der Waals surface area contributed by atoms with Crippen LogP contribution >= 0.6 is 0 Å². The SMILES string of the molecule is CCCC(C)O[C@@H]1O[C@H](CO)[C@H](O)[C@H](O)[C@H]1O. The molecule has 0 aromatic rings. The van der Waals surface area contributed by atoms with Crippen LogP contribution in [0.5, 0.6) is 0 Å². The van der Waals surface area contributed by atoms with E-state index in [1.807, 2.05) is 13.8 Å². The standard InChI is InChI=1S/C11H22O6/c1-3-4-6(2)16-11-10(15)9(14)8(13)7(5-12)17-11/h6-15H,3-5H2,1-2H3/t6?,7-,8+,9+,10-,11-/m1/s1. The van der Waals surface area contributed by atoms with Crippen LogP contribution in [0.25, 0.3) is 0 Å². The van der Waals surface area contributed by atoms with Crippen LogP contribution in [-0.2, 0) is 9.47 Å². The zero-order valence-electron chi connectivity index (χ0n) is 10.2. The van der Waals surface area contributed by atoms with Crippen LogP contribution in [0.1, 0.15) is 26.7 Å². The Morgan fingerprint density at radius 2 is 1.82 bits per heavy atom. The van der Waals surface area contributed by atoms with Crippen molar-refractivity contribution >= 4 is 0 Å². The Morgan fingerprint density at radius 3 is 2.35 bits per heavy atom. The van der Waals surface area contributed by atoms with Gasteiger partial charge < -0.3 is 29.9 Å². The average molecular weight is 250 g/mol. The molecule has 1 fully saturated rings. The number of ether oxygens (including phenoxy) is 2. The lowest BCUT2D eigenvalue weighted by atomic mass is 9.99. The van der Waals surface area contributed by atoms with Crippen LogP contribution in [0.4, 0.5) is 0 Å². The molecule has 0 saturated carbocycles. The summed E-state index contributed by atoms with van der Waals surface area (Å²) in [6, 6.07) is 0. The predicted molar refractivity (Wildman–Crippen MR) is 59.2 cm³/mol. The van der Waals surface area contributed by atoms with Gasteiger partial charge in [0.2, 0.25) is 0 Å². The van der Waals surface area contributed by atoms with Gasteiger partial charge in [0, 0.05) is 0 Å². The zero-order chi connectivity index (χ0) is 13.0. The van der Waals surface area contributed by atoms with Crippen LogP contribution in [0.15, 0.2) is 0 Å². The van der Waals surface area contributed by atoms with E-state index in [0.717, 1.165) is 12.8 Å². The molecule has 0 spiro atoms. The van der Waals surface area contributed by atoms with Crippen molar-refractivity contribution in [2.24, 2.45) is 0 Å². The Bertz CT molecular complexity index is 222. The van der Waals surface area contributed by atoms with Crippen LogP contribution in [0.3, 0.4) is 0 Å². The summed E-state index contributed by atoms with van der Waals surface area (Å²) in [5.74, 6) is 0. The molecule has 0 amide bonds. The summed E-state index contributed by atoms with van der Waals surface area (Å²) in [6.45, 7) is 3.41. The largest absolute Gasteiger partial charge is 0.394 e. The minimum absolute atomic E-state index is 0.124. The van der Waals surface area contributed by atoms with Gasteiger partial charge in [0.1, 0.15) is 24.4 Å². The lowest BCUT2D eigenvalue weighted by Gasteiger charge is -2.40. The van der Waals surface area contributed by atoms with Crippen molar-refractivity contribution in [1.82, 2.24) is 0 Å². The highest BCUT2D eigenvalue weighted by molar-refractivity contribution is 4.89. The fraction of sp³-hybridized carbons (Fsp3) is 1.00. The van der Waals surface area contributed by atoms with Crippen LogP contribution < -0.4 is 0 Å². The third-order valence-corrected chi connectivity index (χ3v) is 2.91. The van der Waals surface area contributed by atoms with Crippen LogP contribution in [-0.4, -0.2) is 63.8 Å². The first-order chi connectivity index (χ1) is 8.01. The van der Waals surface area contributed by atoms with Gasteiger partial charge in [-0.1, -0.05) is 13.3 Å². The summed E-state index contributed by atoms with van der Waals surface area (Å²) in [4.78, 5) is 0. The quantitative estimate of drug-likeness (QED) is 0.499. The Hall–Kier alpha value is -0.240. The van der Waals surface area contributed by atoms with Gasteiger partial charge in [-0.05, 0) is 13.3 Å². The minimum Gasteiger partial charge on any atom is -0.394 e. The highest BCUT2D eigenvalue weighted by Gasteiger charge is 2.44. The van der Waals surface area contributed by atoms with E-state index in [2.05, 4.69) is 0 Å². The van der Waals surface area contributed by atoms with E-state index in [1.165, 1.54) is 0 Å². The maximum atomic E-state index is 9.70. The summed E-state index contributed by atoms with van der Waals surface area (Å²) < 4.78 is 10.7. The highest BCUT2D eigenvalue weighted by Crippen LogP contribution is 2.23. The van der Waals surface area contributed by atoms with Crippen molar-refractivity contribution in [3.05, 3.63) is 0 Å². The van der Waals surface area contributed by atoms with E-state index in [9.17, 15) is 15.3 Å². The molecule has 1 aliphatic heterocycles. The van der Waals surface area contributed by atoms with Gasteiger partial charge in [0.15, 0.2) is 6.29 Å². The Balaban J connectivity index is 2.59. The van der Waals surface area contributed by atoms with Crippen molar-refractivity contribution in [3.8, 4) is 0 Å². The summed E-state index contributed by atoms with van der Waals surface area (Å²) in [5, 5.41) is 37.8. The molecule has 17 heavy (non-hydrogen) atoms. The lowest BCUT2D eigenvalue weighted by molar-refractivity contribution is -0.310. The molecular weight excluding hydrogens is 228 g/mol. The third kappa shape index (κ3) is 3.61. The van der Waals surface area contributed by atoms with E-state index < -0.39 is 37.3 Å². The topological polar surface area (TPSA) is 99.4 Å².